The molecule has 2 atom stereocenters. The van der Waals surface area contributed by atoms with Crippen molar-refractivity contribution in [2.24, 2.45) is 0 Å². The number of nitrogens with one attached hydrogen (secondary N) is 1. The molecule has 1 N–H and O–H groups in total. The fraction of sp³-hybridized carbons (Fsp3) is 0.417. The number of nitrogens with zero attached hydrogens (tertiary/aromatic N) is 2. The molecule has 0 fully saturated rings. The molecule has 0 aromatic heterocycles. The average molecular weight is 510 g/mol. The molecule has 0 spiro atoms. The molecule has 0 saturated heterocycles. The van der Waals surface area contributed by atoms with Crippen LogP contribution >= 0.6 is 11.6 Å². The summed E-state index contributed by atoms with van der Waals surface area (Å²) in [5.41, 5.74) is 0.951. The zero-order chi connectivity index (χ0) is 25.5. The van der Waals surface area contributed by atoms with Gasteiger partial charge in [-0.25, -0.2) is 8.42 Å². The lowest BCUT2D eigenvalue weighted by molar-refractivity contribution is -0.139. The normalized spacial score (nSPS) is 13.0. The van der Waals surface area contributed by atoms with E-state index < -0.39 is 28.5 Å². The van der Waals surface area contributed by atoms with Crippen LogP contribution in [0.1, 0.15) is 32.8 Å². The lowest BCUT2D eigenvalue weighted by Gasteiger charge is -2.32. The highest BCUT2D eigenvalue weighted by molar-refractivity contribution is 7.92. The molecule has 10 heteroatoms. The largest absolute Gasteiger partial charge is 0.495 e. The number of hydrogen-bond donors (Lipinski definition) is 1. The van der Waals surface area contributed by atoms with Crippen LogP contribution in [0.25, 0.3) is 0 Å². The quantitative estimate of drug-likeness (QED) is 0.500. The van der Waals surface area contributed by atoms with Crippen LogP contribution in [0.4, 0.5) is 5.69 Å². The second-order valence-corrected chi connectivity index (χ2v) is 10.4. The first-order valence-electron chi connectivity index (χ1n) is 10.9. The van der Waals surface area contributed by atoms with Crippen molar-refractivity contribution in [1.29, 1.82) is 0 Å². The molecule has 0 aliphatic carbocycles. The highest BCUT2D eigenvalue weighted by Gasteiger charge is 2.31. The Hall–Kier alpha value is -2.78. The lowest BCUT2D eigenvalue weighted by atomic mass is 10.1. The van der Waals surface area contributed by atoms with Gasteiger partial charge in [-0.2, -0.15) is 0 Å². The van der Waals surface area contributed by atoms with Gasteiger partial charge in [0.1, 0.15) is 18.3 Å². The number of benzene rings is 2. The minimum atomic E-state index is -3.89. The van der Waals surface area contributed by atoms with Gasteiger partial charge in [0.05, 0.1) is 19.1 Å². The van der Waals surface area contributed by atoms with Crippen molar-refractivity contribution in [3.63, 3.8) is 0 Å². The Morgan fingerprint density at radius 3 is 2.32 bits per heavy atom. The summed E-state index contributed by atoms with van der Waals surface area (Å²) in [6.07, 6.45) is 1.74. The van der Waals surface area contributed by atoms with Gasteiger partial charge in [0.25, 0.3) is 0 Å². The van der Waals surface area contributed by atoms with Crippen molar-refractivity contribution in [3.8, 4) is 5.75 Å². The predicted octanol–water partition coefficient (Wildman–Crippen LogP) is 3.45. The lowest BCUT2D eigenvalue weighted by Crippen LogP contribution is -2.52. The Bertz CT molecular complexity index is 1100. The highest BCUT2D eigenvalue weighted by Crippen LogP contribution is 2.33. The van der Waals surface area contributed by atoms with Gasteiger partial charge in [-0.1, -0.05) is 48.9 Å². The van der Waals surface area contributed by atoms with Crippen LogP contribution in [0.3, 0.4) is 0 Å². The molecule has 2 rings (SSSR count). The van der Waals surface area contributed by atoms with E-state index in [1.807, 2.05) is 44.2 Å². The van der Waals surface area contributed by atoms with Crippen molar-refractivity contribution in [2.75, 3.05) is 24.2 Å². The van der Waals surface area contributed by atoms with Crippen LogP contribution in [0.2, 0.25) is 5.02 Å². The first-order chi connectivity index (χ1) is 16.0. The fourth-order valence-electron chi connectivity index (χ4n) is 3.28. The van der Waals surface area contributed by atoms with E-state index in [2.05, 4.69) is 5.32 Å². The molecule has 186 valence electrons. The Morgan fingerprint density at radius 2 is 1.76 bits per heavy atom. The molecule has 2 amide bonds. The zero-order valence-corrected chi connectivity index (χ0v) is 21.7. The molecular weight excluding hydrogens is 478 g/mol. The van der Waals surface area contributed by atoms with Crippen LogP contribution in [0.15, 0.2) is 48.5 Å². The Morgan fingerprint density at radius 1 is 1.12 bits per heavy atom. The second-order valence-electron chi connectivity index (χ2n) is 8.09. The third kappa shape index (κ3) is 7.36. The van der Waals surface area contributed by atoms with Gasteiger partial charge in [-0.3, -0.25) is 13.9 Å². The molecule has 0 heterocycles. The number of carbonyl (C=O) groups excluding carboxylic acids is 2. The molecule has 2 unspecified atom stereocenters. The van der Waals surface area contributed by atoms with Crippen LogP contribution in [0.5, 0.6) is 5.75 Å². The third-order valence-electron chi connectivity index (χ3n) is 5.45. The number of methoxy groups -OCH3 is 1. The topological polar surface area (TPSA) is 96.0 Å². The number of hydrogen-bond acceptors (Lipinski definition) is 5. The van der Waals surface area contributed by atoms with E-state index in [0.717, 1.165) is 22.5 Å². The van der Waals surface area contributed by atoms with E-state index in [-0.39, 0.29) is 29.9 Å². The Kier molecular flexibility index (Phi) is 9.76. The van der Waals surface area contributed by atoms with Gasteiger partial charge in [0.2, 0.25) is 21.8 Å². The van der Waals surface area contributed by atoms with Gasteiger partial charge in [-0.05, 0) is 44.0 Å². The van der Waals surface area contributed by atoms with E-state index >= 15 is 0 Å². The maximum absolute atomic E-state index is 13.5. The highest BCUT2D eigenvalue weighted by atomic mass is 35.5. The molecule has 0 radical (unpaired) electrons. The average Bonchev–Trinajstić information content (AvgIpc) is 2.80. The van der Waals surface area contributed by atoms with Crippen LogP contribution in [0, 0.1) is 0 Å². The summed E-state index contributed by atoms with van der Waals surface area (Å²) >= 11 is 6.10. The fourth-order valence-corrected chi connectivity index (χ4v) is 4.29. The third-order valence-corrected chi connectivity index (χ3v) is 6.81. The van der Waals surface area contributed by atoms with E-state index in [1.54, 1.807) is 13.0 Å². The summed E-state index contributed by atoms with van der Waals surface area (Å²) in [7, 11) is -2.49. The minimum absolute atomic E-state index is 0.0631. The Balaban J connectivity index is 2.43. The molecule has 0 saturated carbocycles. The van der Waals surface area contributed by atoms with Crippen molar-refractivity contribution in [3.05, 3.63) is 59.1 Å². The van der Waals surface area contributed by atoms with Crippen molar-refractivity contribution < 1.29 is 22.7 Å². The second kappa shape index (κ2) is 12.1. The van der Waals surface area contributed by atoms with E-state index in [9.17, 15) is 18.0 Å². The molecule has 8 nitrogen and oxygen atoms in total. The molecule has 34 heavy (non-hydrogen) atoms. The minimum Gasteiger partial charge on any atom is -0.495 e. The summed E-state index contributed by atoms with van der Waals surface area (Å²) in [5, 5.41) is 3.18. The number of sulfonamides is 1. The van der Waals surface area contributed by atoms with Crippen molar-refractivity contribution in [1.82, 2.24) is 10.2 Å². The van der Waals surface area contributed by atoms with Crippen LogP contribution in [-0.4, -0.2) is 57.1 Å². The van der Waals surface area contributed by atoms with Crippen LogP contribution in [-0.2, 0) is 26.2 Å². The molecule has 0 bridgehead atoms. The first kappa shape index (κ1) is 27.5. The molecule has 2 aromatic carbocycles. The number of anilines is 1. The monoisotopic (exact) mass is 509 g/mol. The zero-order valence-electron chi connectivity index (χ0n) is 20.1. The first-order valence-corrected chi connectivity index (χ1v) is 13.2. The number of ether oxygens (including phenoxy) is 1. The van der Waals surface area contributed by atoms with E-state index in [0.29, 0.717) is 5.02 Å². The number of halogens is 1. The van der Waals surface area contributed by atoms with Gasteiger partial charge >= 0.3 is 0 Å². The van der Waals surface area contributed by atoms with Crippen molar-refractivity contribution >= 4 is 39.1 Å². The van der Waals surface area contributed by atoms with Crippen molar-refractivity contribution in [2.45, 2.75) is 45.8 Å². The maximum Gasteiger partial charge on any atom is 0.244 e. The molecular formula is C24H32ClN3O5S. The number of amides is 2. The Labute approximate surface area is 206 Å². The summed E-state index contributed by atoms with van der Waals surface area (Å²) in [5.74, 6) is -0.604. The van der Waals surface area contributed by atoms with E-state index in [1.165, 1.54) is 24.1 Å². The van der Waals surface area contributed by atoms with E-state index in [4.69, 9.17) is 16.3 Å². The smallest absolute Gasteiger partial charge is 0.244 e. The summed E-state index contributed by atoms with van der Waals surface area (Å²) in [6, 6.07) is 12.8. The van der Waals surface area contributed by atoms with Gasteiger partial charge in [-0.15, -0.1) is 0 Å². The molecule has 0 aliphatic heterocycles. The standard InChI is InChI=1S/C24H32ClN3O5S/c1-6-17(2)26-24(30)18(3)27(15-19-10-8-7-9-11-19)23(29)16-28(34(5,31)32)21-14-20(25)12-13-22(21)33-4/h7-14,17-18H,6,15-16H2,1-5H3,(H,26,30). The molecule has 2 aromatic rings. The number of rotatable bonds is 11. The maximum atomic E-state index is 13.5. The summed E-state index contributed by atoms with van der Waals surface area (Å²) < 4.78 is 31.6. The predicted molar refractivity (Wildman–Crippen MR) is 135 cm³/mol. The molecule has 0 aliphatic rings. The summed E-state index contributed by atoms with van der Waals surface area (Å²) in [4.78, 5) is 27.8. The number of carbonyl (C=O) groups is 2. The summed E-state index contributed by atoms with van der Waals surface area (Å²) in [6.45, 7) is 5.07. The van der Waals surface area contributed by atoms with Gasteiger partial charge in [0.15, 0.2) is 0 Å². The van der Waals surface area contributed by atoms with Gasteiger partial charge in [0, 0.05) is 17.6 Å². The van der Waals surface area contributed by atoms with Crippen LogP contribution < -0.4 is 14.4 Å². The SMILES string of the molecule is CCC(C)NC(=O)C(C)N(Cc1ccccc1)C(=O)CN(c1cc(Cl)ccc1OC)S(C)(=O)=O. The van der Waals surface area contributed by atoms with Gasteiger partial charge < -0.3 is 15.0 Å².